The van der Waals surface area contributed by atoms with Gasteiger partial charge in [-0.3, -0.25) is 19.2 Å². The molecule has 0 amide bonds. The van der Waals surface area contributed by atoms with Crippen LogP contribution in [-0.4, -0.2) is 69.5 Å². The highest BCUT2D eigenvalue weighted by atomic mass is 16.5. The molecule has 12 nitrogen and oxygen atoms in total. The van der Waals surface area contributed by atoms with Crippen LogP contribution in [-0.2, 0) is 28.7 Å². The molecule has 3 rings (SSSR count). The van der Waals surface area contributed by atoms with Gasteiger partial charge < -0.3 is 29.9 Å². The smallest absolute Gasteiger partial charge is 0.338 e. The van der Waals surface area contributed by atoms with Crippen molar-refractivity contribution in [2.75, 3.05) is 13.2 Å². The summed E-state index contributed by atoms with van der Waals surface area (Å²) >= 11 is 0. The summed E-state index contributed by atoms with van der Waals surface area (Å²) in [6, 6.07) is 6.28. The number of ether oxygens (including phenoxy) is 2. The largest absolute Gasteiger partial charge is 0.481 e. The van der Waals surface area contributed by atoms with Gasteiger partial charge in [0, 0.05) is 12.8 Å². The second-order valence-electron chi connectivity index (χ2n) is 6.84. The van der Waals surface area contributed by atoms with Crippen molar-refractivity contribution in [2.24, 2.45) is 0 Å². The van der Waals surface area contributed by atoms with E-state index in [2.05, 4.69) is 0 Å². The van der Waals surface area contributed by atoms with Crippen LogP contribution in [0.15, 0.2) is 24.3 Å². The third kappa shape index (κ3) is 16.7. The van der Waals surface area contributed by atoms with Gasteiger partial charge in [0.05, 0.1) is 37.2 Å². The first-order valence-electron chi connectivity index (χ1n) is 10.3. The molecule has 0 unspecified atom stereocenters. The normalized spacial score (nSPS) is 12.7. The minimum Gasteiger partial charge on any atom is -0.481 e. The highest BCUT2D eigenvalue weighted by molar-refractivity contribution is 5.93. The second kappa shape index (κ2) is 17.6. The molecule has 0 atom stereocenters. The molecule has 188 valence electrons. The quantitative estimate of drug-likeness (QED) is 0.310. The highest BCUT2D eigenvalue weighted by Gasteiger charge is 2.12. The maximum Gasteiger partial charge on any atom is 0.338 e. The van der Waals surface area contributed by atoms with E-state index in [9.17, 15) is 28.8 Å². The van der Waals surface area contributed by atoms with E-state index in [-0.39, 0.29) is 37.6 Å². The van der Waals surface area contributed by atoms with Crippen LogP contribution in [0.4, 0.5) is 0 Å². The Hall–Kier alpha value is -3.96. The lowest BCUT2D eigenvalue weighted by Crippen LogP contribution is -2.12. The number of rotatable bonds is 8. The third-order valence-electron chi connectivity index (χ3n) is 3.95. The SMILES string of the molecule is O=C(O)CCC(=O)O.O=C(O)CCCCC(=O)O.O=C1OCCCCOC(=O)c2ccc1cc2. The number of esters is 2. The van der Waals surface area contributed by atoms with Crippen molar-refractivity contribution in [3.63, 3.8) is 0 Å². The maximum absolute atomic E-state index is 11.5. The van der Waals surface area contributed by atoms with Gasteiger partial charge in [-0.2, -0.15) is 0 Å². The number of benzene rings is 1. The Kier molecular flexibility index (Phi) is 15.5. The van der Waals surface area contributed by atoms with E-state index in [1.165, 1.54) is 0 Å². The standard InChI is InChI=1S/C12H12O4.C6H10O4.C4H6O4/c13-11-9-3-5-10(6-4-9)12(14)16-8-2-1-7-15-11;7-5(8)3-1-2-4-6(9)10;5-3(6)1-2-4(7)8/h3-6H,1-2,7-8H2;1-4H2,(H,7,8)(H,9,10);1-2H2,(H,5,6)(H,7,8). The first kappa shape index (κ1) is 30.0. The average molecular weight is 484 g/mol. The summed E-state index contributed by atoms with van der Waals surface area (Å²) in [5.41, 5.74) is 0.911. The van der Waals surface area contributed by atoms with E-state index in [0.29, 0.717) is 50.0 Å². The number of hydrogen-bond acceptors (Lipinski definition) is 8. The minimum absolute atomic E-state index is 0.0628. The molecular formula is C22H28O12. The molecule has 12 heteroatoms. The van der Waals surface area contributed by atoms with Gasteiger partial charge >= 0.3 is 35.8 Å². The zero-order valence-corrected chi connectivity index (χ0v) is 18.4. The summed E-state index contributed by atoms with van der Waals surface area (Å²) in [7, 11) is 0. The lowest BCUT2D eigenvalue weighted by Gasteiger charge is -2.09. The Morgan fingerprint density at radius 1 is 0.588 bits per heavy atom. The number of hydrogen-bond donors (Lipinski definition) is 4. The number of carboxylic acids is 4. The summed E-state index contributed by atoms with van der Waals surface area (Å²) in [6.45, 7) is 0.719. The molecule has 1 aromatic rings. The predicted octanol–water partition coefficient (Wildman–Crippen LogP) is 2.45. The van der Waals surface area contributed by atoms with Crippen LogP contribution in [0, 0.1) is 0 Å². The van der Waals surface area contributed by atoms with E-state index in [1.807, 2.05) is 0 Å². The monoisotopic (exact) mass is 484 g/mol. The van der Waals surface area contributed by atoms with Crippen molar-refractivity contribution in [2.45, 2.75) is 51.4 Å². The summed E-state index contributed by atoms with van der Waals surface area (Å²) < 4.78 is 10.1. The summed E-state index contributed by atoms with van der Waals surface area (Å²) in [5.74, 6) is -4.59. The Labute approximate surface area is 195 Å². The molecule has 0 aliphatic carbocycles. The summed E-state index contributed by atoms with van der Waals surface area (Å²) in [4.78, 5) is 62.0. The molecule has 1 aromatic carbocycles. The molecule has 0 radical (unpaired) electrons. The van der Waals surface area contributed by atoms with Gasteiger partial charge in [-0.05, 0) is 49.9 Å². The molecule has 0 saturated carbocycles. The summed E-state index contributed by atoms with van der Waals surface area (Å²) in [6.07, 6.45) is 1.83. The van der Waals surface area contributed by atoms with E-state index in [4.69, 9.17) is 29.9 Å². The second-order valence-corrected chi connectivity index (χ2v) is 6.84. The fourth-order valence-electron chi connectivity index (χ4n) is 2.21. The van der Waals surface area contributed by atoms with Crippen LogP contribution in [0.5, 0.6) is 0 Å². The Morgan fingerprint density at radius 2 is 0.882 bits per heavy atom. The molecule has 0 spiro atoms. The number of carbonyl (C=O) groups excluding carboxylic acids is 2. The zero-order valence-electron chi connectivity index (χ0n) is 18.4. The van der Waals surface area contributed by atoms with Crippen molar-refractivity contribution in [1.29, 1.82) is 0 Å². The predicted molar refractivity (Wildman–Crippen MR) is 114 cm³/mol. The Balaban J connectivity index is 0.000000524. The van der Waals surface area contributed by atoms with Crippen molar-refractivity contribution in [3.8, 4) is 0 Å². The van der Waals surface area contributed by atoms with Crippen LogP contribution in [0.2, 0.25) is 0 Å². The Bertz CT molecular complexity index is 760. The lowest BCUT2D eigenvalue weighted by molar-refractivity contribution is -0.143. The van der Waals surface area contributed by atoms with Gasteiger partial charge in [-0.1, -0.05) is 0 Å². The van der Waals surface area contributed by atoms with Crippen molar-refractivity contribution < 1.29 is 58.7 Å². The number of unbranched alkanes of at least 4 members (excludes halogenated alkanes) is 1. The van der Waals surface area contributed by atoms with Gasteiger partial charge in [-0.25, -0.2) is 9.59 Å². The van der Waals surface area contributed by atoms with Crippen LogP contribution in [0.3, 0.4) is 0 Å². The van der Waals surface area contributed by atoms with Gasteiger partial charge in [0.25, 0.3) is 0 Å². The molecule has 34 heavy (non-hydrogen) atoms. The molecule has 2 aliphatic heterocycles. The van der Waals surface area contributed by atoms with Crippen molar-refractivity contribution >= 4 is 35.8 Å². The zero-order chi connectivity index (χ0) is 25.9. The fourth-order valence-corrected chi connectivity index (χ4v) is 2.21. The van der Waals surface area contributed by atoms with Gasteiger partial charge in [0.15, 0.2) is 0 Å². The first-order chi connectivity index (χ1) is 16.0. The van der Waals surface area contributed by atoms with Crippen LogP contribution < -0.4 is 0 Å². The molecule has 2 bridgehead atoms. The van der Waals surface area contributed by atoms with Crippen LogP contribution in [0.1, 0.15) is 72.1 Å². The van der Waals surface area contributed by atoms with E-state index < -0.39 is 23.9 Å². The first-order valence-corrected chi connectivity index (χ1v) is 10.3. The molecule has 4 N–H and O–H groups in total. The molecule has 0 aromatic heterocycles. The maximum atomic E-state index is 11.5. The molecule has 2 heterocycles. The molecule has 0 fully saturated rings. The number of aliphatic carboxylic acids is 4. The van der Waals surface area contributed by atoms with Crippen LogP contribution in [0.25, 0.3) is 0 Å². The number of carboxylic acid groups (broad SMARTS) is 4. The van der Waals surface area contributed by atoms with Crippen molar-refractivity contribution in [1.82, 2.24) is 0 Å². The Morgan fingerprint density at radius 3 is 1.15 bits per heavy atom. The topological polar surface area (TPSA) is 202 Å². The molecule has 2 aliphatic rings. The highest BCUT2D eigenvalue weighted by Crippen LogP contribution is 2.09. The average Bonchev–Trinajstić information content (AvgIpc) is 2.77. The van der Waals surface area contributed by atoms with E-state index >= 15 is 0 Å². The van der Waals surface area contributed by atoms with Gasteiger partial charge in [0.2, 0.25) is 0 Å². The fraction of sp³-hybridized carbons (Fsp3) is 0.455. The third-order valence-corrected chi connectivity index (χ3v) is 3.95. The number of fused-ring (bicyclic) bond motifs is 9. The minimum atomic E-state index is -1.08. The molecule has 0 saturated heterocycles. The van der Waals surface area contributed by atoms with Crippen molar-refractivity contribution in [3.05, 3.63) is 35.4 Å². The van der Waals surface area contributed by atoms with Gasteiger partial charge in [-0.15, -0.1) is 0 Å². The van der Waals surface area contributed by atoms with E-state index in [1.54, 1.807) is 24.3 Å². The lowest BCUT2D eigenvalue weighted by atomic mass is 10.1. The molecular weight excluding hydrogens is 456 g/mol. The van der Waals surface area contributed by atoms with E-state index in [0.717, 1.165) is 0 Å². The number of carbonyl (C=O) groups is 6. The van der Waals surface area contributed by atoms with Gasteiger partial charge in [0.1, 0.15) is 0 Å². The van der Waals surface area contributed by atoms with Crippen LogP contribution >= 0.6 is 0 Å². The summed E-state index contributed by atoms with van der Waals surface area (Å²) in [5, 5.41) is 32.1.